The summed E-state index contributed by atoms with van der Waals surface area (Å²) in [7, 11) is 4.19. The van der Waals surface area contributed by atoms with E-state index < -0.39 is 0 Å². The van der Waals surface area contributed by atoms with E-state index in [9.17, 15) is 0 Å². The highest BCUT2D eigenvalue weighted by molar-refractivity contribution is 5.40. The molecule has 0 unspecified atom stereocenters. The van der Waals surface area contributed by atoms with Crippen LogP contribution in [0.25, 0.3) is 0 Å². The first-order valence-electron chi connectivity index (χ1n) is 6.65. The summed E-state index contributed by atoms with van der Waals surface area (Å²) in [5.41, 5.74) is 8.60. The van der Waals surface area contributed by atoms with Crippen molar-refractivity contribution in [3.8, 4) is 0 Å². The Balaban J connectivity index is 2.55. The topological polar surface area (TPSA) is 29.3 Å². The minimum Gasteiger partial charge on any atom is -0.329 e. The second-order valence-corrected chi connectivity index (χ2v) is 5.26. The van der Waals surface area contributed by atoms with Crippen LogP contribution in [-0.4, -0.2) is 32.1 Å². The van der Waals surface area contributed by atoms with Crippen LogP contribution >= 0.6 is 0 Å². The standard InChI is InChI=1S/C17H22N2/c1-19(2)14-17(13-18,15-9-5-3-6-10-15)16-11-7-4-8-12-16/h3-12H,13-14,18H2,1-2H3. The predicted octanol–water partition coefficient (Wildman–Crippen LogP) is 2.49. The molecule has 0 bridgehead atoms. The summed E-state index contributed by atoms with van der Waals surface area (Å²) < 4.78 is 0. The number of likely N-dealkylation sites (N-methyl/N-ethyl adjacent to an activating group) is 1. The van der Waals surface area contributed by atoms with Gasteiger partial charge in [-0.3, -0.25) is 0 Å². The molecule has 0 radical (unpaired) electrons. The van der Waals surface area contributed by atoms with Crippen LogP contribution < -0.4 is 5.73 Å². The summed E-state index contributed by atoms with van der Waals surface area (Å²) in [4.78, 5) is 2.20. The van der Waals surface area contributed by atoms with Crippen LogP contribution in [0.1, 0.15) is 11.1 Å². The van der Waals surface area contributed by atoms with Gasteiger partial charge in [-0.05, 0) is 25.2 Å². The van der Waals surface area contributed by atoms with E-state index in [1.54, 1.807) is 0 Å². The van der Waals surface area contributed by atoms with Crippen LogP contribution in [0, 0.1) is 0 Å². The van der Waals surface area contributed by atoms with Gasteiger partial charge >= 0.3 is 0 Å². The quantitative estimate of drug-likeness (QED) is 0.888. The van der Waals surface area contributed by atoms with Gasteiger partial charge in [0.1, 0.15) is 0 Å². The van der Waals surface area contributed by atoms with E-state index in [4.69, 9.17) is 5.73 Å². The highest BCUT2D eigenvalue weighted by Gasteiger charge is 2.33. The molecule has 2 aromatic carbocycles. The van der Waals surface area contributed by atoms with E-state index in [1.165, 1.54) is 11.1 Å². The van der Waals surface area contributed by atoms with Gasteiger partial charge in [-0.1, -0.05) is 60.7 Å². The van der Waals surface area contributed by atoms with Gasteiger partial charge in [0, 0.05) is 18.5 Å². The lowest BCUT2D eigenvalue weighted by Gasteiger charge is -2.36. The molecule has 0 aliphatic rings. The molecule has 0 aliphatic carbocycles. The van der Waals surface area contributed by atoms with Crippen molar-refractivity contribution < 1.29 is 0 Å². The molecule has 100 valence electrons. The summed E-state index contributed by atoms with van der Waals surface area (Å²) in [5, 5.41) is 0. The maximum Gasteiger partial charge on any atom is 0.0451 e. The Kier molecular flexibility index (Phi) is 4.35. The second kappa shape index (κ2) is 6.00. The van der Waals surface area contributed by atoms with Crippen molar-refractivity contribution in [3.63, 3.8) is 0 Å². The lowest BCUT2D eigenvalue weighted by atomic mass is 9.74. The molecule has 2 rings (SSSR count). The van der Waals surface area contributed by atoms with Crippen LogP contribution in [0.4, 0.5) is 0 Å². The normalized spacial score (nSPS) is 11.8. The first-order valence-corrected chi connectivity index (χ1v) is 6.65. The van der Waals surface area contributed by atoms with E-state index in [1.807, 2.05) is 12.1 Å². The van der Waals surface area contributed by atoms with Gasteiger partial charge in [0.25, 0.3) is 0 Å². The summed E-state index contributed by atoms with van der Waals surface area (Å²) in [6.07, 6.45) is 0. The van der Waals surface area contributed by atoms with Gasteiger partial charge in [0.2, 0.25) is 0 Å². The zero-order valence-corrected chi connectivity index (χ0v) is 11.7. The van der Waals surface area contributed by atoms with Crippen LogP contribution in [-0.2, 0) is 5.41 Å². The summed E-state index contributed by atoms with van der Waals surface area (Å²) in [6, 6.07) is 21.1. The smallest absolute Gasteiger partial charge is 0.0451 e. The molecule has 0 spiro atoms. The third kappa shape index (κ3) is 2.86. The van der Waals surface area contributed by atoms with Gasteiger partial charge < -0.3 is 10.6 Å². The third-order valence-corrected chi connectivity index (χ3v) is 3.59. The Labute approximate surface area is 115 Å². The number of rotatable bonds is 5. The molecule has 0 saturated heterocycles. The summed E-state index contributed by atoms with van der Waals surface area (Å²) in [5.74, 6) is 0. The zero-order valence-electron chi connectivity index (χ0n) is 11.7. The van der Waals surface area contributed by atoms with Gasteiger partial charge in [0.05, 0.1) is 0 Å². The molecule has 19 heavy (non-hydrogen) atoms. The Morgan fingerprint density at radius 3 is 1.58 bits per heavy atom. The van der Waals surface area contributed by atoms with E-state index >= 15 is 0 Å². The molecular weight excluding hydrogens is 232 g/mol. The Bertz CT molecular complexity index is 452. The van der Waals surface area contributed by atoms with E-state index in [0.29, 0.717) is 6.54 Å². The fourth-order valence-electron chi connectivity index (χ4n) is 2.70. The van der Waals surface area contributed by atoms with E-state index in [-0.39, 0.29) is 5.41 Å². The SMILES string of the molecule is CN(C)CC(CN)(c1ccccc1)c1ccccc1. The lowest BCUT2D eigenvalue weighted by Crippen LogP contribution is -2.44. The highest BCUT2D eigenvalue weighted by Crippen LogP contribution is 2.31. The zero-order chi connectivity index (χ0) is 13.7. The number of hydrogen-bond acceptors (Lipinski definition) is 2. The largest absolute Gasteiger partial charge is 0.329 e. The van der Waals surface area contributed by atoms with E-state index in [2.05, 4.69) is 67.5 Å². The molecule has 2 nitrogen and oxygen atoms in total. The Morgan fingerprint density at radius 2 is 1.26 bits per heavy atom. The van der Waals surface area contributed by atoms with E-state index in [0.717, 1.165) is 6.54 Å². The minimum absolute atomic E-state index is 0.147. The average Bonchev–Trinajstić information content (AvgIpc) is 2.46. The summed E-state index contributed by atoms with van der Waals surface area (Å²) >= 11 is 0. The molecule has 0 fully saturated rings. The molecule has 0 atom stereocenters. The van der Waals surface area contributed by atoms with Gasteiger partial charge in [-0.25, -0.2) is 0 Å². The highest BCUT2D eigenvalue weighted by atomic mass is 15.1. The molecule has 2 aromatic rings. The number of hydrogen-bond donors (Lipinski definition) is 1. The number of nitrogens with zero attached hydrogens (tertiary/aromatic N) is 1. The molecule has 0 aliphatic heterocycles. The molecular formula is C17H22N2. The fraction of sp³-hybridized carbons (Fsp3) is 0.294. The van der Waals surface area contributed by atoms with Crippen molar-refractivity contribution in [1.29, 1.82) is 0 Å². The third-order valence-electron chi connectivity index (χ3n) is 3.59. The number of nitrogens with two attached hydrogens (primary N) is 1. The Hall–Kier alpha value is -1.64. The van der Waals surface area contributed by atoms with Gasteiger partial charge in [0.15, 0.2) is 0 Å². The number of benzene rings is 2. The van der Waals surface area contributed by atoms with Crippen molar-refractivity contribution in [2.24, 2.45) is 5.73 Å². The van der Waals surface area contributed by atoms with Crippen molar-refractivity contribution >= 4 is 0 Å². The van der Waals surface area contributed by atoms with Crippen molar-refractivity contribution in [1.82, 2.24) is 4.90 Å². The van der Waals surface area contributed by atoms with Crippen molar-refractivity contribution in [3.05, 3.63) is 71.8 Å². The Morgan fingerprint density at radius 1 is 0.842 bits per heavy atom. The lowest BCUT2D eigenvalue weighted by molar-refractivity contribution is 0.320. The molecule has 0 amide bonds. The molecule has 0 heterocycles. The van der Waals surface area contributed by atoms with Crippen LogP contribution in [0.3, 0.4) is 0 Å². The van der Waals surface area contributed by atoms with Crippen molar-refractivity contribution in [2.45, 2.75) is 5.41 Å². The minimum atomic E-state index is -0.147. The first-order chi connectivity index (χ1) is 9.19. The fourth-order valence-corrected chi connectivity index (χ4v) is 2.70. The van der Waals surface area contributed by atoms with Crippen molar-refractivity contribution in [2.75, 3.05) is 27.2 Å². The second-order valence-electron chi connectivity index (χ2n) is 5.26. The predicted molar refractivity (Wildman–Crippen MR) is 81.3 cm³/mol. The maximum absolute atomic E-state index is 6.19. The van der Waals surface area contributed by atoms with Gasteiger partial charge in [-0.15, -0.1) is 0 Å². The maximum atomic E-state index is 6.19. The average molecular weight is 254 g/mol. The van der Waals surface area contributed by atoms with Gasteiger partial charge in [-0.2, -0.15) is 0 Å². The van der Waals surface area contributed by atoms with Crippen LogP contribution in [0.15, 0.2) is 60.7 Å². The van der Waals surface area contributed by atoms with Crippen LogP contribution in [0.2, 0.25) is 0 Å². The molecule has 0 aromatic heterocycles. The molecule has 2 N–H and O–H groups in total. The molecule has 2 heteroatoms. The first kappa shape index (κ1) is 13.8. The summed E-state index contributed by atoms with van der Waals surface area (Å²) in [6.45, 7) is 1.50. The van der Waals surface area contributed by atoms with Crippen LogP contribution in [0.5, 0.6) is 0 Å². The monoisotopic (exact) mass is 254 g/mol. The molecule has 0 saturated carbocycles.